The molecule has 0 fully saturated rings. The Morgan fingerprint density at radius 3 is 2.42 bits per heavy atom. The Kier molecular flexibility index (Phi) is 7.07. The molecule has 0 saturated heterocycles. The van der Waals surface area contributed by atoms with Crippen molar-refractivity contribution in [2.45, 2.75) is 6.17 Å². The fourth-order valence-electron chi connectivity index (χ4n) is 3.70. The number of benzodiazepines with no additional fused rings is 1. The zero-order chi connectivity index (χ0) is 26.6. The van der Waals surface area contributed by atoms with E-state index in [2.05, 4.69) is 31.1 Å². The Morgan fingerprint density at radius 1 is 0.921 bits per heavy atom. The van der Waals surface area contributed by atoms with Gasteiger partial charge in [0.15, 0.2) is 5.82 Å². The molecule has 190 valence electrons. The molecule has 2 heterocycles. The fraction of sp³-hybridized carbons (Fsp3) is 0.0385. The van der Waals surface area contributed by atoms with Gasteiger partial charge in [-0.25, -0.2) is 9.79 Å². The third-order valence-corrected chi connectivity index (χ3v) is 6.15. The van der Waals surface area contributed by atoms with Gasteiger partial charge in [0.25, 0.3) is 17.7 Å². The minimum atomic E-state index is -1.32. The van der Waals surface area contributed by atoms with E-state index in [1.54, 1.807) is 30.3 Å². The summed E-state index contributed by atoms with van der Waals surface area (Å²) >= 11 is 12.3. The number of rotatable bonds is 5. The van der Waals surface area contributed by atoms with Gasteiger partial charge in [0.2, 0.25) is 6.17 Å². The zero-order valence-electron chi connectivity index (χ0n) is 19.4. The van der Waals surface area contributed by atoms with E-state index < -0.39 is 24.1 Å². The molecule has 4 aromatic rings. The van der Waals surface area contributed by atoms with Gasteiger partial charge in [0, 0.05) is 11.1 Å². The Labute approximate surface area is 226 Å². The maximum Gasteiger partial charge on any atom is 0.416 e. The lowest BCUT2D eigenvalue weighted by Gasteiger charge is -2.12. The first-order valence-electron chi connectivity index (χ1n) is 11.2. The number of nitrogens with zero attached hydrogens (tertiary/aromatic N) is 2. The van der Waals surface area contributed by atoms with E-state index in [1.165, 1.54) is 6.07 Å². The molecule has 3 amide bonds. The number of benzene rings is 3. The van der Waals surface area contributed by atoms with Gasteiger partial charge in [0.1, 0.15) is 5.02 Å². The molecular formula is C26H18Cl2N6O4. The van der Waals surface area contributed by atoms with Crippen LogP contribution in [-0.4, -0.2) is 40.0 Å². The molecule has 1 atom stereocenters. The smallest absolute Gasteiger partial charge is 0.388 e. The number of anilines is 2. The molecule has 12 heteroatoms. The third kappa shape index (κ3) is 5.22. The number of halogens is 2. The van der Waals surface area contributed by atoms with Crippen molar-refractivity contribution >= 4 is 58.3 Å². The van der Waals surface area contributed by atoms with Crippen LogP contribution in [0.15, 0.2) is 83.9 Å². The standard InChI is InChI=1S/C26H18Cl2N6O4/c27-17-12-6-4-10-15(17)23(35)31-21-19(28)25(34-33-21)38-26(37)32-22-24(36)29-18-13-7-5-11-16(18)20(30-22)14-8-2-1-3-9-14/h1-13,22H,(H,29,36)(H,32,37)(H2,31,33,34,35). The number of amides is 3. The number of fused-ring (bicyclic) bond motifs is 1. The summed E-state index contributed by atoms with van der Waals surface area (Å²) in [5, 5.41) is 14.1. The number of carbonyl (C=O) groups excluding carboxylic acids is 3. The summed E-state index contributed by atoms with van der Waals surface area (Å²) in [7, 11) is 0. The van der Waals surface area contributed by atoms with E-state index in [0.29, 0.717) is 17.0 Å². The van der Waals surface area contributed by atoms with Crippen LogP contribution in [0.2, 0.25) is 10.0 Å². The van der Waals surface area contributed by atoms with Crippen molar-refractivity contribution in [3.63, 3.8) is 0 Å². The molecule has 0 aliphatic carbocycles. The van der Waals surface area contributed by atoms with Crippen molar-refractivity contribution in [2.75, 3.05) is 10.6 Å². The lowest BCUT2D eigenvalue weighted by Crippen LogP contribution is -2.43. The van der Waals surface area contributed by atoms with Crippen molar-refractivity contribution in [2.24, 2.45) is 4.99 Å². The van der Waals surface area contributed by atoms with E-state index in [-0.39, 0.29) is 27.3 Å². The molecule has 1 aliphatic heterocycles. The molecule has 1 unspecified atom stereocenters. The minimum absolute atomic E-state index is 0.00794. The van der Waals surface area contributed by atoms with Crippen molar-refractivity contribution in [3.05, 3.63) is 106 Å². The Balaban J connectivity index is 1.33. The highest BCUT2D eigenvalue weighted by Crippen LogP contribution is 2.30. The Morgan fingerprint density at radius 2 is 1.63 bits per heavy atom. The fourth-order valence-corrected chi connectivity index (χ4v) is 4.09. The summed E-state index contributed by atoms with van der Waals surface area (Å²) in [5.74, 6) is -1.44. The first kappa shape index (κ1) is 25.0. The molecule has 10 nitrogen and oxygen atoms in total. The lowest BCUT2D eigenvalue weighted by molar-refractivity contribution is -0.117. The molecule has 3 aromatic carbocycles. The molecule has 5 rings (SSSR count). The molecule has 38 heavy (non-hydrogen) atoms. The van der Waals surface area contributed by atoms with Crippen LogP contribution in [0, 0.1) is 0 Å². The SMILES string of the molecule is O=C(NC1N=C(c2ccccc2)c2ccccc2NC1=O)Oc1n[nH]c(NC(=O)c2ccccc2Cl)c1Cl. The van der Waals surface area contributed by atoms with Gasteiger partial charge in [-0.15, -0.1) is 5.10 Å². The lowest BCUT2D eigenvalue weighted by atomic mass is 10.0. The summed E-state index contributed by atoms with van der Waals surface area (Å²) in [4.78, 5) is 42.6. The average Bonchev–Trinajstić information content (AvgIpc) is 3.18. The second-order valence-electron chi connectivity index (χ2n) is 7.97. The molecule has 0 spiro atoms. The van der Waals surface area contributed by atoms with Crippen LogP contribution in [0.3, 0.4) is 0 Å². The molecule has 1 aliphatic rings. The quantitative estimate of drug-likeness (QED) is 0.282. The molecule has 0 saturated carbocycles. The number of para-hydroxylation sites is 1. The first-order valence-corrected chi connectivity index (χ1v) is 12.0. The molecular weight excluding hydrogens is 531 g/mol. The van der Waals surface area contributed by atoms with Crippen LogP contribution in [0.4, 0.5) is 16.3 Å². The van der Waals surface area contributed by atoms with Gasteiger partial charge in [-0.1, -0.05) is 83.9 Å². The topological polar surface area (TPSA) is 138 Å². The van der Waals surface area contributed by atoms with Crippen molar-refractivity contribution in [3.8, 4) is 5.88 Å². The van der Waals surface area contributed by atoms with E-state index in [4.69, 9.17) is 27.9 Å². The number of carbonyl (C=O) groups is 3. The van der Waals surface area contributed by atoms with Crippen LogP contribution in [0.25, 0.3) is 0 Å². The maximum atomic E-state index is 12.9. The Hall–Kier alpha value is -4.67. The predicted molar refractivity (Wildman–Crippen MR) is 143 cm³/mol. The minimum Gasteiger partial charge on any atom is -0.388 e. The van der Waals surface area contributed by atoms with Crippen LogP contribution in [0.1, 0.15) is 21.5 Å². The highest BCUT2D eigenvalue weighted by Gasteiger charge is 2.28. The monoisotopic (exact) mass is 548 g/mol. The number of aliphatic imine (C=N–C) groups is 1. The largest absolute Gasteiger partial charge is 0.416 e. The van der Waals surface area contributed by atoms with Crippen LogP contribution < -0.4 is 20.7 Å². The average molecular weight is 549 g/mol. The molecule has 1 aromatic heterocycles. The number of hydrogen-bond acceptors (Lipinski definition) is 6. The second kappa shape index (κ2) is 10.8. The summed E-state index contributed by atoms with van der Waals surface area (Å²) in [6.07, 6.45) is -2.35. The molecule has 0 radical (unpaired) electrons. The van der Waals surface area contributed by atoms with Crippen LogP contribution >= 0.6 is 23.2 Å². The van der Waals surface area contributed by atoms with Gasteiger partial charge >= 0.3 is 6.09 Å². The zero-order valence-corrected chi connectivity index (χ0v) is 20.9. The van der Waals surface area contributed by atoms with Gasteiger partial charge < -0.3 is 15.4 Å². The predicted octanol–water partition coefficient (Wildman–Crippen LogP) is 4.87. The van der Waals surface area contributed by atoms with E-state index in [9.17, 15) is 14.4 Å². The van der Waals surface area contributed by atoms with E-state index in [1.807, 2.05) is 42.5 Å². The van der Waals surface area contributed by atoms with Gasteiger partial charge in [0.05, 0.1) is 22.0 Å². The summed E-state index contributed by atoms with van der Waals surface area (Å²) in [5.41, 5.74) is 2.72. The highest BCUT2D eigenvalue weighted by molar-refractivity contribution is 6.36. The molecule has 4 N–H and O–H groups in total. The van der Waals surface area contributed by atoms with Crippen LogP contribution in [-0.2, 0) is 4.79 Å². The maximum absolute atomic E-state index is 12.9. The number of H-pyrrole nitrogens is 1. The van der Waals surface area contributed by atoms with Crippen molar-refractivity contribution in [1.29, 1.82) is 0 Å². The number of aromatic amines is 1. The van der Waals surface area contributed by atoms with E-state index in [0.717, 1.165) is 5.56 Å². The van der Waals surface area contributed by atoms with E-state index >= 15 is 0 Å². The summed E-state index contributed by atoms with van der Waals surface area (Å²) < 4.78 is 5.20. The van der Waals surface area contributed by atoms with Crippen molar-refractivity contribution < 1.29 is 19.1 Å². The summed E-state index contributed by atoms with van der Waals surface area (Å²) in [6, 6.07) is 22.9. The van der Waals surface area contributed by atoms with Crippen LogP contribution in [0.5, 0.6) is 5.88 Å². The second-order valence-corrected chi connectivity index (χ2v) is 8.75. The summed E-state index contributed by atoms with van der Waals surface area (Å²) in [6.45, 7) is 0. The number of ether oxygens (including phenoxy) is 1. The normalized spacial score (nSPS) is 14.4. The molecule has 0 bridgehead atoms. The van der Waals surface area contributed by atoms with Gasteiger partial charge in [-0.2, -0.15) is 0 Å². The number of nitrogens with one attached hydrogen (secondary N) is 4. The first-order chi connectivity index (χ1) is 18.4. The Bertz CT molecular complexity index is 1570. The number of aromatic nitrogens is 2. The van der Waals surface area contributed by atoms with Gasteiger partial charge in [-0.05, 0) is 18.2 Å². The van der Waals surface area contributed by atoms with Crippen molar-refractivity contribution in [1.82, 2.24) is 15.5 Å². The third-order valence-electron chi connectivity index (χ3n) is 5.47. The van der Waals surface area contributed by atoms with Gasteiger partial charge in [-0.3, -0.25) is 20.0 Å². The number of hydrogen-bond donors (Lipinski definition) is 4. The highest BCUT2D eigenvalue weighted by atomic mass is 35.5.